The van der Waals surface area contributed by atoms with Gasteiger partial charge in [0.05, 0.1) is 19.6 Å². The van der Waals surface area contributed by atoms with Crippen molar-refractivity contribution in [2.75, 3.05) is 13.2 Å². The van der Waals surface area contributed by atoms with E-state index in [1.807, 2.05) is 6.92 Å². The molecule has 0 aliphatic rings. The van der Waals surface area contributed by atoms with E-state index in [-0.39, 0.29) is 25.6 Å². The molecule has 0 saturated heterocycles. The van der Waals surface area contributed by atoms with Crippen LogP contribution in [0.5, 0.6) is 0 Å². The fraction of sp³-hybridized carbons (Fsp3) is 0.727. The zero-order valence-corrected chi connectivity index (χ0v) is 12.5. The SMILES string of the molecule is CCOC(=O)C(CC)[C@H](C[N+](=O)[O-])c1cnn(C)[nH+]1.[Cl-]. The van der Waals surface area contributed by atoms with E-state index < -0.39 is 22.7 Å². The number of carbonyl (C=O) groups is 1. The molecule has 1 N–H and O–H groups in total. The van der Waals surface area contributed by atoms with Crippen LogP contribution in [-0.4, -0.2) is 33.9 Å². The summed E-state index contributed by atoms with van der Waals surface area (Å²) >= 11 is 0. The Bertz CT molecular complexity index is 451. The van der Waals surface area contributed by atoms with Crippen LogP contribution >= 0.6 is 0 Å². The number of aryl methyl sites for hydroxylation is 1. The first kappa shape index (κ1) is 18.3. The first-order valence-corrected chi connectivity index (χ1v) is 6.19. The second-order valence-corrected chi connectivity index (χ2v) is 4.22. The fourth-order valence-corrected chi connectivity index (χ4v) is 2.04. The summed E-state index contributed by atoms with van der Waals surface area (Å²) in [7, 11) is 1.68. The number of nitro groups is 1. The maximum atomic E-state index is 11.9. The van der Waals surface area contributed by atoms with Gasteiger partial charge in [-0.25, -0.2) is 0 Å². The number of esters is 1. The molecular formula is C11H19ClN4O4. The fourth-order valence-electron chi connectivity index (χ4n) is 2.04. The topological polar surface area (TPSA) is 101 Å². The van der Waals surface area contributed by atoms with E-state index >= 15 is 0 Å². The zero-order chi connectivity index (χ0) is 14.4. The second-order valence-electron chi connectivity index (χ2n) is 4.22. The Labute approximate surface area is 123 Å². The molecule has 0 aromatic carbocycles. The van der Waals surface area contributed by atoms with Gasteiger partial charge in [-0.15, -0.1) is 0 Å². The van der Waals surface area contributed by atoms with Crippen LogP contribution in [-0.2, 0) is 16.6 Å². The minimum Gasteiger partial charge on any atom is -1.00 e. The molecular weight excluding hydrogens is 288 g/mol. The van der Waals surface area contributed by atoms with Gasteiger partial charge in [0.2, 0.25) is 12.7 Å². The summed E-state index contributed by atoms with van der Waals surface area (Å²) < 4.78 is 4.98. The van der Waals surface area contributed by atoms with Crippen LogP contribution in [0.1, 0.15) is 31.9 Å². The normalized spacial score (nSPS) is 13.2. The highest BCUT2D eigenvalue weighted by Gasteiger charge is 2.37. The monoisotopic (exact) mass is 306 g/mol. The molecule has 114 valence electrons. The number of nitrogens with zero attached hydrogens (tertiary/aromatic N) is 3. The van der Waals surface area contributed by atoms with Gasteiger partial charge in [0, 0.05) is 10.0 Å². The summed E-state index contributed by atoms with van der Waals surface area (Å²) in [6.45, 7) is 3.45. The summed E-state index contributed by atoms with van der Waals surface area (Å²) in [5, 5.41) is 17.6. The lowest BCUT2D eigenvalue weighted by molar-refractivity contribution is -0.519. The summed E-state index contributed by atoms with van der Waals surface area (Å²) in [5.74, 6) is -1.52. The van der Waals surface area contributed by atoms with Crippen LogP contribution in [0.4, 0.5) is 0 Å². The van der Waals surface area contributed by atoms with Crippen LogP contribution in [0.2, 0.25) is 0 Å². The number of carbonyl (C=O) groups excluding carboxylic acids is 1. The van der Waals surface area contributed by atoms with Gasteiger partial charge in [-0.2, -0.15) is 5.10 Å². The Morgan fingerprint density at radius 3 is 2.65 bits per heavy atom. The molecule has 0 bridgehead atoms. The molecule has 9 heteroatoms. The maximum Gasteiger partial charge on any atom is 0.309 e. The summed E-state index contributed by atoms with van der Waals surface area (Å²) in [4.78, 5) is 23.7. The standard InChI is InChI=1S/C11H18N4O4.ClH/c1-4-8(11(16)19-5-2)9(7-15(17)18)10-6-12-14(3)13-10;/h6,8-9H,4-5,7H2,1-3H3;1H/t8?,9-;/m0./s1. The third-order valence-electron chi connectivity index (χ3n) is 2.92. The van der Waals surface area contributed by atoms with Gasteiger partial charge in [0.25, 0.3) is 0 Å². The molecule has 0 aliphatic heterocycles. The maximum absolute atomic E-state index is 11.9. The highest BCUT2D eigenvalue weighted by atomic mass is 35.5. The van der Waals surface area contributed by atoms with Gasteiger partial charge in [0.1, 0.15) is 5.92 Å². The predicted molar refractivity (Wildman–Crippen MR) is 64.8 cm³/mol. The minimum atomic E-state index is -0.562. The molecule has 1 aromatic heterocycles. The van der Waals surface area contributed by atoms with Crippen LogP contribution in [0.15, 0.2) is 6.20 Å². The van der Waals surface area contributed by atoms with Crippen molar-refractivity contribution in [1.29, 1.82) is 0 Å². The quantitative estimate of drug-likeness (QED) is 0.307. The Morgan fingerprint density at radius 2 is 2.25 bits per heavy atom. The van der Waals surface area contributed by atoms with E-state index in [1.165, 1.54) is 11.0 Å². The molecule has 0 aliphatic carbocycles. The van der Waals surface area contributed by atoms with E-state index in [4.69, 9.17) is 4.74 Å². The molecule has 8 nitrogen and oxygen atoms in total. The zero-order valence-electron chi connectivity index (χ0n) is 11.7. The molecule has 1 aromatic rings. The lowest BCUT2D eigenvalue weighted by Crippen LogP contribution is -3.00. The number of aromatic amines is 1. The molecule has 0 fully saturated rings. The van der Waals surface area contributed by atoms with E-state index in [0.29, 0.717) is 12.1 Å². The molecule has 0 amide bonds. The van der Waals surface area contributed by atoms with Crippen LogP contribution in [0, 0.1) is 16.0 Å². The molecule has 1 unspecified atom stereocenters. The van der Waals surface area contributed by atoms with E-state index in [0.717, 1.165) is 0 Å². The smallest absolute Gasteiger partial charge is 0.309 e. The van der Waals surface area contributed by atoms with Crippen molar-refractivity contribution in [2.45, 2.75) is 26.2 Å². The molecule has 2 atom stereocenters. The summed E-state index contributed by atoms with van der Waals surface area (Å²) in [6, 6.07) is 0. The largest absolute Gasteiger partial charge is 1.00 e. The Hall–Kier alpha value is -1.70. The van der Waals surface area contributed by atoms with Crippen molar-refractivity contribution >= 4 is 5.97 Å². The number of rotatable bonds is 7. The van der Waals surface area contributed by atoms with Crippen molar-refractivity contribution in [2.24, 2.45) is 13.0 Å². The summed E-state index contributed by atoms with van der Waals surface area (Å²) in [5.41, 5.74) is 0.569. The first-order chi connectivity index (χ1) is 8.99. The number of halogens is 1. The van der Waals surface area contributed by atoms with Crippen LogP contribution in [0.3, 0.4) is 0 Å². The van der Waals surface area contributed by atoms with Crippen molar-refractivity contribution in [3.8, 4) is 0 Å². The molecule has 1 rings (SSSR count). The Balaban J connectivity index is 0.00000361. The number of nitrogens with one attached hydrogen (secondary N) is 1. The van der Waals surface area contributed by atoms with Gasteiger partial charge < -0.3 is 17.1 Å². The number of aromatic nitrogens is 3. The van der Waals surface area contributed by atoms with Crippen molar-refractivity contribution in [3.63, 3.8) is 0 Å². The van der Waals surface area contributed by atoms with Crippen LogP contribution < -0.4 is 17.5 Å². The van der Waals surface area contributed by atoms with Gasteiger partial charge >= 0.3 is 5.97 Å². The average Bonchev–Trinajstić information content (AvgIpc) is 2.75. The lowest BCUT2D eigenvalue weighted by Gasteiger charge is -2.18. The van der Waals surface area contributed by atoms with Crippen molar-refractivity contribution < 1.29 is 32.0 Å². The van der Waals surface area contributed by atoms with E-state index in [2.05, 4.69) is 10.2 Å². The number of hydrogen-bond acceptors (Lipinski definition) is 5. The third kappa shape index (κ3) is 4.76. The lowest BCUT2D eigenvalue weighted by atomic mass is 9.87. The highest BCUT2D eigenvalue weighted by Crippen LogP contribution is 2.26. The number of ether oxygens (including phenoxy) is 1. The van der Waals surface area contributed by atoms with Gasteiger partial charge in [-0.3, -0.25) is 14.9 Å². The minimum absolute atomic E-state index is 0. The molecule has 0 spiro atoms. The van der Waals surface area contributed by atoms with E-state index in [9.17, 15) is 14.9 Å². The van der Waals surface area contributed by atoms with Gasteiger partial charge in [-0.1, -0.05) is 11.7 Å². The number of H-pyrrole nitrogens is 1. The van der Waals surface area contributed by atoms with Crippen molar-refractivity contribution in [3.05, 3.63) is 22.0 Å². The number of hydrogen-bond donors (Lipinski definition) is 0. The first-order valence-electron chi connectivity index (χ1n) is 6.19. The molecule has 1 heterocycles. The Morgan fingerprint density at radius 1 is 1.60 bits per heavy atom. The van der Waals surface area contributed by atoms with E-state index in [1.54, 1.807) is 14.0 Å². The Kier molecular flexibility index (Phi) is 7.75. The third-order valence-corrected chi connectivity index (χ3v) is 2.92. The van der Waals surface area contributed by atoms with Gasteiger partial charge in [0.15, 0.2) is 5.69 Å². The molecule has 0 saturated carbocycles. The highest BCUT2D eigenvalue weighted by molar-refractivity contribution is 5.73. The van der Waals surface area contributed by atoms with Crippen molar-refractivity contribution in [1.82, 2.24) is 9.90 Å². The molecule has 0 radical (unpaired) electrons. The van der Waals surface area contributed by atoms with Crippen LogP contribution in [0.25, 0.3) is 0 Å². The predicted octanol–water partition coefficient (Wildman–Crippen LogP) is -2.81. The van der Waals surface area contributed by atoms with Gasteiger partial charge in [-0.05, 0) is 13.3 Å². The summed E-state index contributed by atoms with van der Waals surface area (Å²) in [6.07, 6.45) is 1.98. The second kappa shape index (κ2) is 8.47. The average molecular weight is 307 g/mol. The molecule has 20 heavy (non-hydrogen) atoms.